The minimum absolute atomic E-state index is 0.108. The molecule has 4 aliphatic rings. The minimum atomic E-state index is -2.07. The van der Waals surface area contributed by atoms with Crippen molar-refractivity contribution in [2.24, 2.45) is 28.6 Å². The fourth-order valence-corrected chi connectivity index (χ4v) is 7.95. The van der Waals surface area contributed by atoms with Crippen LogP contribution in [0.2, 0.25) is 0 Å². The summed E-state index contributed by atoms with van der Waals surface area (Å²) in [5.74, 6) is -6.47. The van der Waals surface area contributed by atoms with E-state index in [-0.39, 0.29) is 25.0 Å². The summed E-state index contributed by atoms with van der Waals surface area (Å²) in [7, 11) is 0. The summed E-state index contributed by atoms with van der Waals surface area (Å²) in [5.41, 5.74) is -6.75. The summed E-state index contributed by atoms with van der Waals surface area (Å²) >= 11 is 0. The Morgan fingerprint density at radius 1 is 1.08 bits per heavy atom. The van der Waals surface area contributed by atoms with Crippen LogP contribution in [0.5, 0.6) is 0 Å². The summed E-state index contributed by atoms with van der Waals surface area (Å²) in [6.07, 6.45) is -5.48. The summed E-state index contributed by atoms with van der Waals surface area (Å²) in [6.45, 7) is 7.28. The molecule has 10 heteroatoms. The third-order valence-corrected chi connectivity index (χ3v) is 10.2. The van der Waals surface area contributed by atoms with Gasteiger partial charge in [0, 0.05) is 31.1 Å². The zero-order valence-corrected chi connectivity index (χ0v) is 22.7. The van der Waals surface area contributed by atoms with Crippen LogP contribution in [0.25, 0.3) is 0 Å². The molecular weight excluding hydrogens is 508 g/mol. The van der Waals surface area contributed by atoms with Gasteiger partial charge in [0.15, 0.2) is 5.60 Å². The lowest BCUT2D eigenvalue weighted by Crippen LogP contribution is -2.82. The van der Waals surface area contributed by atoms with Crippen LogP contribution in [-0.2, 0) is 28.6 Å². The molecule has 10 atom stereocenters. The van der Waals surface area contributed by atoms with Gasteiger partial charge in [0.05, 0.1) is 35.7 Å². The lowest BCUT2D eigenvalue weighted by molar-refractivity contribution is -0.349. The van der Waals surface area contributed by atoms with Gasteiger partial charge in [-0.25, -0.2) is 4.79 Å². The van der Waals surface area contributed by atoms with Crippen LogP contribution >= 0.6 is 0 Å². The summed E-state index contributed by atoms with van der Waals surface area (Å²) in [5, 5.41) is 35.2. The van der Waals surface area contributed by atoms with E-state index in [9.17, 15) is 34.5 Å². The number of Topliss-reactive ketones (excluding diaryl/α,β-unsaturated/α-hetero) is 2. The van der Waals surface area contributed by atoms with Gasteiger partial charge < -0.3 is 29.5 Å². The number of benzene rings is 1. The Labute approximate surface area is 226 Å². The van der Waals surface area contributed by atoms with E-state index in [0.717, 1.165) is 0 Å². The van der Waals surface area contributed by atoms with Crippen molar-refractivity contribution in [2.75, 3.05) is 6.61 Å². The Bertz CT molecular complexity index is 1210. The number of fused-ring (bicyclic) bond motifs is 5. The molecule has 3 saturated carbocycles. The van der Waals surface area contributed by atoms with E-state index in [1.165, 1.54) is 26.0 Å². The first-order valence-electron chi connectivity index (χ1n) is 13.4. The number of aliphatic hydroxyl groups is 3. The van der Waals surface area contributed by atoms with Crippen molar-refractivity contribution in [3.05, 3.63) is 35.9 Å². The lowest BCUT2D eigenvalue weighted by Gasteiger charge is -2.67. The van der Waals surface area contributed by atoms with Crippen LogP contribution in [0, 0.1) is 28.6 Å². The van der Waals surface area contributed by atoms with E-state index in [2.05, 4.69) is 0 Å². The molecule has 1 aliphatic heterocycles. The van der Waals surface area contributed by atoms with Gasteiger partial charge >= 0.3 is 11.9 Å². The highest BCUT2D eigenvalue weighted by Gasteiger charge is 2.78. The highest BCUT2D eigenvalue weighted by atomic mass is 16.6. The Hall–Kier alpha value is -2.66. The van der Waals surface area contributed by atoms with E-state index in [0.29, 0.717) is 0 Å². The molecule has 5 rings (SSSR count). The minimum Gasteiger partial charge on any atom is -0.455 e. The van der Waals surface area contributed by atoms with Gasteiger partial charge in [-0.3, -0.25) is 14.4 Å². The SMILES string of the molecule is CC(=O)O[C@@]12CO[C@@H]1CC(O)[C@@]1(C)C(=O)C(=O)C3C(C)[C@@H](O)C[C@@](O)([C@@H](OC(=O)c4ccccc4)C12)C3(C)C. The first-order chi connectivity index (χ1) is 18.1. The predicted octanol–water partition coefficient (Wildman–Crippen LogP) is 1.23. The molecule has 3 N–H and O–H groups in total. The number of hydrogen-bond donors (Lipinski definition) is 3. The van der Waals surface area contributed by atoms with Gasteiger partial charge in [-0.2, -0.15) is 0 Å². The Morgan fingerprint density at radius 3 is 2.28 bits per heavy atom. The Balaban J connectivity index is 1.80. The van der Waals surface area contributed by atoms with Gasteiger partial charge in [0.1, 0.15) is 17.8 Å². The second-order valence-corrected chi connectivity index (χ2v) is 12.5. The number of carbonyl (C=O) groups is 4. The second kappa shape index (κ2) is 8.92. The number of hydrogen-bond acceptors (Lipinski definition) is 10. The zero-order chi connectivity index (χ0) is 28.7. The first kappa shape index (κ1) is 27.9. The molecule has 1 aromatic carbocycles. The standard InChI is InChI=1S/C29H36O10/c1-14-17(31)12-29(36)24(38-25(35)16-9-7-6-8-10-16)22-27(5,23(34)21(33)20(14)26(29,3)4)18(32)11-19-28(22,13-37-19)39-15(2)30/h6-10,14,17-20,22,24,31-32,36H,11-13H2,1-5H3/t14?,17-,18?,19+,20?,22?,24-,27+,28-,29+/m0/s1. The molecule has 2 bridgehead atoms. The predicted molar refractivity (Wildman–Crippen MR) is 134 cm³/mol. The van der Waals surface area contributed by atoms with Gasteiger partial charge in [-0.1, -0.05) is 39.0 Å². The first-order valence-corrected chi connectivity index (χ1v) is 13.4. The molecule has 4 unspecified atom stereocenters. The average molecular weight is 545 g/mol. The number of ether oxygens (including phenoxy) is 3. The van der Waals surface area contributed by atoms with Crippen molar-refractivity contribution in [3.63, 3.8) is 0 Å². The molecule has 39 heavy (non-hydrogen) atoms. The molecule has 4 fully saturated rings. The van der Waals surface area contributed by atoms with Crippen LogP contribution in [0.4, 0.5) is 0 Å². The van der Waals surface area contributed by atoms with Crippen molar-refractivity contribution in [1.29, 1.82) is 0 Å². The van der Waals surface area contributed by atoms with Crippen LogP contribution in [0.15, 0.2) is 30.3 Å². The second-order valence-electron chi connectivity index (χ2n) is 12.5. The molecule has 0 radical (unpaired) electrons. The van der Waals surface area contributed by atoms with Crippen LogP contribution in [0.1, 0.15) is 57.8 Å². The third kappa shape index (κ3) is 3.61. The number of ketones is 2. The van der Waals surface area contributed by atoms with E-state index in [1.54, 1.807) is 39.0 Å². The molecule has 10 nitrogen and oxygen atoms in total. The summed E-state index contributed by atoms with van der Waals surface area (Å²) in [6, 6.07) is 8.06. The lowest BCUT2D eigenvalue weighted by atomic mass is 9.42. The molecule has 1 heterocycles. The van der Waals surface area contributed by atoms with E-state index < -0.39 is 87.7 Å². The molecule has 0 aromatic heterocycles. The number of esters is 2. The number of rotatable bonds is 3. The van der Waals surface area contributed by atoms with Crippen molar-refractivity contribution in [2.45, 2.75) is 83.1 Å². The van der Waals surface area contributed by atoms with Gasteiger partial charge in [0.25, 0.3) is 0 Å². The van der Waals surface area contributed by atoms with Gasteiger partial charge in [0.2, 0.25) is 11.6 Å². The average Bonchev–Trinajstić information content (AvgIpc) is 2.87. The van der Waals surface area contributed by atoms with Crippen molar-refractivity contribution < 1.29 is 48.7 Å². The van der Waals surface area contributed by atoms with Crippen molar-refractivity contribution in [1.82, 2.24) is 0 Å². The fourth-order valence-electron chi connectivity index (χ4n) is 7.95. The summed E-state index contributed by atoms with van der Waals surface area (Å²) in [4.78, 5) is 54.2. The highest BCUT2D eigenvalue weighted by Crippen LogP contribution is 2.64. The topological polar surface area (TPSA) is 157 Å². The van der Waals surface area contributed by atoms with Crippen LogP contribution in [-0.4, -0.2) is 81.0 Å². The molecular formula is C29H36O10. The Kier molecular flexibility index (Phi) is 6.38. The van der Waals surface area contributed by atoms with Crippen molar-refractivity contribution >= 4 is 23.5 Å². The molecule has 0 amide bonds. The van der Waals surface area contributed by atoms with Gasteiger partial charge in [-0.15, -0.1) is 0 Å². The van der Waals surface area contributed by atoms with E-state index in [1.807, 2.05) is 0 Å². The molecule has 3 aliphatic carbocycles. The fraction of sp³-hybridized carbons (Fsp3) is 0.655. The molecule has 1 saturated heterocycles. The van der Waals surface area contributed by atoms with E-state index >= 15 is 0 Å². The maximum absolute atomic E-state index is 14.2. The zero-order valence-electron chi connectivity index (χ0n) is 22.7. The normalized spacial score (nSPS) is 44.6. The highest BCUT2D eigenvalue weighted by molar-refractivity contribution is 6.40. The largest absolute Gasteiger partial charge is 0.455 e. The van der Waals surface area contributed by atoms with Crippen LogP contribution in [0.3, 0.4) is 0 Å². The quantitative estimate of drug-likeness (QED) is 0.373. The van der Waals surface area contributed by atoms with E-state index in [4.69, 9.17) is 14.2 Å². The monoisotopic (exact) mass is 544 g/mol. The summed E-state index contributed by atoms with van der Waals surface area (Å²) < 4.78 is 17.7. The molecule has 1 aromatic rings. The third-order valence-electron chi connectivity index (χ3n) is 10.2. The number of carbonyl (C=O) groups excluding carboxylic acids is 4. The molecule has 0 spiro atoms. The smallest absolute Gasteiger partial charge is 0.338 e. The van der Waals surface area contributed by atoms with Gasteiger partial charge in [-0.05, 0) is 25.0 Å². The maximum Gasteiger partial charge on any atom is 0.338 e. The Morgan fingerprint density at radius 2 is 1.72 bits per heavy atom. The van der Waals surface area contributed by atoms with Crippen molar-refractivity contribution in [3.8, 4) is 0 Å². The molecule has 212 valence electrons. The maximum atomic E-state index is 14.2. The van der Waals surface area contributed by atoms with Crippen LogP contribution < -0.4 is 0 Å². The number of aliphatic hydroxyl groups excluding tert-OH is 2.